The van der Waals surface area contributed by atoms with Gasteiger partial charge < -0.3 is 15.4 Å². The minimum Gasteiger partial charge on any atom is -0.497 e. The first kappa shape index (κ1) is 20.1. The van der Waals surface area contributed by atoms with Crippen molar-refractivity contribution in [3.8, 4) is 5.75 Å². The van der Waals surface area contributed by atoms with Crippen LogP contribution in [0, 0.1) is 5.82 Å². The standard InChI is InChI=1S/C23H21FN2O3/c1-29-18-12-10-17(11-13-18)22(27)26-20-9-5-8-19(24)21(20)23(28)25-15-14-16-6-3-2-4-7-16/h2-13H,14-15H2,1H3,(H,25,28)(H,26,27). The Bertz CT molecular complexity index is 989. The van der Waals surface area contributed by atoms with Crippen LogP contribution in [-0.2, 0) is 6.42 Å². The second kappa shape index (κ2) is 9.50. The van der Waals surface area contributed by atoms with Crippen molar-refractivity contribution < 1.29 is 18.7 Å². The molecule has 0 saturated carbocycles. The molecule has 0 unspecified atom stereocenters. The van der Waals surface area contributed by atoms with E-state index in [1.54, 1.807) is 24.3 Å². The molecule has 0 saturated heterocycles. The Hall–Kier alpha value is -3.67. The van der Waals surface area contributed by atoms with Gasteiger partial charge >= 0.3 is 0 Å². The molecule has 0 aliphatic carbocycles. The number of amides is 2. The van der Waals surface area contributed by atoms with E-state index in [9.17, 15) is 14.0 Å². The predicted octanol–water partition coefficient (Wildman–Crippen LogP) is 4.06. The average Bonchev–Trinajstić information content (AvgIpc) is 2.74. The number of ether oxygens (including phenoxy) is 1. The van der Waals surface area contributed by atoms with E-state index in [0.717, 1.165) is 5.56 Å². The Morgan fingerprint density at radius 1 is 0.897 bits per heavy atom. The Balaban J connectivity index is 1.70. The largest absolute Gasteiger partial charge is 0.497 e. The fourth-order valence-electron chi connectivity index (χ4n) is 2.85. The highest BCUT2D eigenvalue weighted by Gasteiger charge is 2.18. The van der Waals surface area contributed by atoms with E-state index in [1.165, 1.54) is 25.3 Å². The Morgan fingerprint density at radius 3 is 2.31 bits per heavy atom. The van der Waals surface area contributed by atoms with Crippen molar-refractivity contribution in [2.75, 3.05) is 19.0 Å². The molecule has 0 atom stereocenters. The van der Waals surface area contributed by atoms with E-state index in [0.29, 0.717) is 24.3 Å². The van der Waals surface area contributed by atoms with E-state index in [4.69, 9.17) is 4.74 Å². The van der Waals surface area contributed by atoms with Gasteiger partial charge in [0.1, 0.15) is 11.6 Å². The van der Waals surface area contributed by atoms with Crippen molar-refractivity contribution in [1.29, 1.82) is 0 Å². The first-order valence-corrected chi connectivity index (χ1v) is 9.14. The summed E-state index contributed by atoms with van der Waals surface area (Å²) < 4.78 is 19.4. The van der Waals surface area contributed by atoms with Crippen LogP contribution in [-0.4, -0.2) is 25.5 Å². The van der Waals surface area contributed by atoms with Gasteiger partial charge in [-0.1, -0.05) is 36.4 Å². The minimum atomic E-state index is -0.699. The Labute approximate surface area is 168 Å². The van der Waals surface area contributed by atoms with Crippen molar-refractivity contribution in [2.24, 2.45) is 0 Å². The van der Waals surface area contributed by atoms with Crippen molar-refractivity contribution in [1.82, 2.24) is 5.32 Å². The molecule has 5 nitrogen and oxygen atoms in total. The van der Waals surface area contributed by atoms with E-state index in [2.05, 4.69) is 10.6 Å². The number of hydrogen-bond acceptors (Lipinski definition) is 3. The number of carbonyl (C=O) groups excluding carboxylic acids is 2. The first-order valence-electron chi connectivity index (χ1n) is 9.14. The van der Waals surface area contributed by atoms with E-state index in [1.807, 2.05) is 30.3 Å². The van der Waals surface area contributed by atoms with Crippen LogP contribution in [0.5, 0.6) is 5.75 Å². The molecule has 3 aromatic rings. The van der Waals surface area contributed by atoms with E-state index < -0.39 is 17.6 Å². The molecule has 6 heteroatoms. The summed E-state index contributed by atoms with van der Waals surface area (Å²) in [5, 5.41) is 5.32. The van der Waals surface area contributed by atoms with Crippen molar-refractivity contribution >= 4 is 17.5 Å². The molecule has 2 amide bonds. The molecule has 0 spiro atoms. The van der Waals surface area contributed by atoms with Crippen LogP contribution in [0.3, 0.4) is 0 Å². The molecule has 148 valence electrons. The summed E-state index contributed by atoms with van der Waals surface area (Å²) in [7, 11) is 1.53. The number of nitrogens with one attached hydrogen (secondary N) is 2. The van der Waals surface area contributed by atoms with Crippen LogP contribution < -0.4 is 15.4 Å². The number of rotatable bonds is 7. The zero-order chi connectivity index (χ0) is 20.6. The topological polar surface area (TPSA) is 67.4 Å². The molecule has 0 aliphatic rings. The van der Waals surface area contributed by atoms with Gasteiger partial charge in [0.25, 0.3) is 11.8 Å². The minimum absolute atomic E-state index is 0.114. The highest BCUT2D eigenvalue weighted by atomic mass is 19.1. The van der Waals surface area contributed by atoms with Crippen molar-refractivity contribution in [3.63, 3.8) is 0 Å². The van der Waals surface area contributed by atoms with Crippen LogP contribution in [0.15, 0.2) is 72.8 Å². The third kappa shape index (κ3) is 5.19. The number of anilines is 1. The third-order valence-corrected chi connectivity index (χ3v) is 4.38. The summed E-state index contributed by atoms with van der Waals surface area (Å²) in [6.45, 7) is 0.350. The molecule has 29 heavy (non-hydrogen) atoms. The maximum absolute atomic E-state index is 14.4. The second-order valence-electron chi connectivity index (χ2n) is 6.34. The maximum Gasteiger partial charge on any atom is 0.256 e. The van der Waals surface area contributed by atoms with E-state index in [-0.39, 0.29) is 11.3 Å². The monoisotopic (exact) mass is 392 g/mol. The van der Waals surface area contributed by atoms with Gasteiger partial charge in [0.2, 0.25) is 0 Å². The predicted molar refractivity (Wildman–Crippen MR) is 110 cm³/mol. The van der Waals surface area contributed by atoms with Gasteiger partial charge in [-0.25, -0.2) is 4.39 Å². The number of halogens is 1. The molecule has 3 aromatic carbocycles. The average molecular weight is 392 g/mol. The van der Waals surface area contributed by atoms with Gasteiger partial charge in [0.05, 0.1) is 18.4 Å². The van der Waals surface area contributed by atoms with Gasteiger partial charge in [-0.3, -0.25) is 9.59 Å². The summed E-state index contributed by atoms with van der Waals surface area (Å²) >= 11 is 0. The van der Waals surface area contributed by atoms with Crippen molar-refractivity contribution in [3.05, 3.63) is 95.3 Å². The van der Waals surface area contributed by atoms with Crippen LogP contribution >= 0.6 is 0 Å². The molecule has 2 N–H and O–H groups in total. The van der Waals surface area contributed by atoms with Gasteiger partial charge in [-0.15, -0.1) is 0 Å². The van der Waals surface area contributed by atoms with Crippen LogP contribution in [0.2, 0.25) is 0 Å². The lowest BCUT2D eigenvalue weighted by molar-refractivity contribution is 0.0951. The summed E-state index contributed by atoms with van der Waals surface area (Å²) in [4.78, 5) is 25.1. The normalized spacial score (nSPS) is 10.3. The molecule has 3 rings (SSSR count). The summed E-state index contributed by atoms with van der Waals surface area (Å²) in [6, 6.07) is 20.3. The molecule has 0 aromatic heterocycles. The van der Waals surface area contributed by atoms with Crippen LogP contribution in [0.4, 0.5) is 10.1 Å². The second-order valence-corrected chi connectivity index (χ2v) is 6.34. The SMILES string of the molecule is COc1ccc(C(=O)Nc2cccc(F)c2C(=O)NCCc2ccccc2)cc1. The molecule has 0 aliphatic heterocycles. The lowest BCUT2D eigenvalue weighted by Gasteiger charge is -2.13. The third-order valence-electron chi connectivity index (χ3n) is 4.38. The van der Waals surface area contributed by atoms with Crippen LogP contribution in [0.25, 0.3) is 0 Å². The fourth-order valence-corrected chi connectivity index (χ4v) is 2.85. The van der Waals surface area contributed by atoms with Gasteiger partial charge in [-0.2, -0.15) is 0 Å². The molecule has 0 radical (unpaired) electrons. The van der Waals surface area contributed by atoms with Gasteiger partial charge in [-0.05, 0) is 48.4 Å². The quantitative estimate of drug-likeness (QED) is 0.637. The smallest absolute Gasteiger partial charge is 0.256 e. The molecular weight excluding hydrogens is 371 g/mol. The highest BCUT2D eigenvalue weighted by Crippen LogP contribution is 2.20. The lowest BCUT2D eigenvalue weighted by atomic mass is 10.1. The molecule has 0 fully saturated rings. The Kier molecular flexibility index (Phi) is 6.58. The first-order chi connectivity index (χ1) is 14.1. The summed E-state index contributed by atoms with van der Waals surface area (Å²) in [6.07, 6.45) is 0.620. The number of benzene rings is 3. The van der Waals surface area contributed by atoms with Crippen LogP contribution in [0.1, 0.15) is 26.3 Å². The van der Waals surface area contributed by atoms with Gasteiger partial charge in [0.15, 0.2) is 0 Å². The highest BCUT2D eigenvalue weighted by molar-refractivity contribution is 6.09. The zero-order valence-corrected chi connectivity index (χ0v) is 15.9. The fraction of sp³-hybridized carbons (Fsp3) is 0.130. The molecule has 0 heterocycles. The molecular formula is C23H21FN2O3. The van der Waals surface area contributed by atoms with E-state index >= 15 is 0 Å². The van der Waals surface area contributed by atoms with Crippen molar-refractivity contribution in [2.45, 2.75) is 6.42 Å². The summed E-state index contributed by atoms with van der Waals surface area (Å²) in [5.41, 5.74) is 1.35. The lowest BCUT2D eigenvalue weighted by Crippen LogP contribution is -2.28. The number of carbonyl (C=O) groups is 2. The summed E-state index contributed by atoms with van der Waals surface area (Å²) in [5.74, 6) is -1.11. The molecule has 0 bridgehead atoms. The number of methoxy groups -OCH3 is 1. The maximum atomic E-state index is 14.4. The van der Waals surface area contributed by atoms with Gasteiger partial charge in [0, 0.05) is 12.1 Å². The number of hydrogen-bond donors (Lipinski definition) is 2. The Morgan fingerprint density at radius 2 is 1.62 bits per heavy atom. The zero-order valence-electron chi connectivity index (χ0n) is 15.9.